The Morgan fingerprint density at radius 2 is 1.96 bits per heavy atom. The average Bonchev–Trinajstić information content (AvgIpc) is 2.96. The van der Waals surface area contributed by atoms with Crippen LogP contribution in [0.2, 0.25) is 0 Å². The summed E-state index contributed by atoms with van der Waals surface area (Å²) in [7, 11) is 1.80. The summed E-state index contributed by atoms with van der Waals surface area (Å²) in [5.41, 5.74) is 2.45. The van der Waals surface area contributed by atoms with Crippen LogP contribution in [0.5, 0.6) is 0 Å². The number of rotatable bonds is 6. The van der Waals surface area contributed by atoms with Gasteiger partial charge in [0.1, 0.15) is 0 Å². The van der Waals surface area contributed by atoms with E-state index >= 15 is 0 Å². The summed E-state index contributed by atoms with van der Waals surface area (Å²) >= 11 is 5.18. The van der Waals surface area contributed by atoms with Crippen LogP contribution >= 0.6 is 27.3 Å². The van der Waals surface area contributed by atoms with Crippen molar-refractivity contribution in [3.63, 3.8) is 0 Å². The maximum atomic E-state index is 4.48. The molecule has 1 heterocycles. The van der Waals surface area contributed by atoms with Crippen molar-refractivity contribution in [3.8, 4) is 0 Å². The molecule has 130 valence electrons. The number of guanidine groups is 1. The van der Waals surface area contributed by atoms with Crippen molar-refractivity contribution >= 4 is 33.2 Å². The Balaban J connectivity index is 1.82. The third kappa shape index (κ3) is 5.60. The minimum absolute atomic E-state index is 0.0182. The van der Waals surface area contributed by atoms with E-state index in [1.54, 1.807) is 18.4 Å². The van der Waals surface area contributed by atoms with E-state index in [9.17, 15) is 0 Å². The molecule has 6 heteroatoms. The van der Waals surface area contributed by atoms with Crippen molar-refractivity contribution in [2.45, 2.75) is 32.6 Å². The number of nitrogens with one attached hydrogen (secondary N) is 2. The molecular weight excluding hydrogens is 384 g/mol. The summed E-state index contributed by atoms with van der Waals surface area (Å²) in [4.78, 5) is 8.78. The first-order chi connectivity index (χ1) is 11.4. The Labute approximate surface area is 156 Å². The maximum absolute atomic E-state index is 4.48. The number of thiazole rings is 1. The Morgan fingerprint density at radius 1 is 1.25 bits per heavy atom. The molecule has 4 nitrogen and oxygen atoms in total. The molecule has 0 saturated heterocycles. The maximum Gasteiger partial charge on any atom is 0.191 e. The Morgan fingerprint density at radius 3 is 2.54 bits per heavy atom. The number of hydrogen-bond donors (Lipinski definition) is 2. The van der Waals surface area contributed by atoms with Crippen LogP contribution in [0.1, 0.15) is 30.1 Å². The molecule has 0 saturated carbocycles. The van der Waals surface area contributed by atoms with Gasteiger partial charge in [-0.3, -0.25) is 4.99 Å². The number of halogens is 1. The molecule has 0 aliphatic carbocycles. The van der Waals surface area contributed by atoms with Crippen LogP contribution in [-0.2, 0) is 11.8 Å². The Bertz CT molecular complexity index is 677. The molecule has 2 N–H and O–H groups in total. The summed E-state index contributed by atoms with van der Waals surface area (Å²) in [6.45, 7) is 8.13. The monoisotopic (exact) mass is 408 g/mol. The second-order valence-electron chi connectivity index (χ2n) is 6.35. The molecule has 2 rings (SSSR count). The molecule has 2 aromatic rings. The highest BCUT2D eigenvalue weighted by Crippen LogP contribution is 2.23. The fourth-order valence-corrected chi connectivity index (χ4v) is 3.27. The van der Waals surface area contributed by atoms with Crippen molar-refractivity contribution in [1.82, 2.24) is 15.6 Å². The van der Waals surface area contributed by atoms with Gasteiger partial charge in [-0.15, -0.1) is 11.3 Å². The zero-order valence-electron chi connectivity index (χ0n) is 14.7. The van der Waals surface area contributed by atoms with E-state index in [0.717, 1.165) is 40.6 Å². The van der Waals surface area contributed by atoms with Gasteiger partial charge in [-0.05, 0) is 24.6 Å². The zero-order chi connectivity index (χ0) is 17.6. The standard InChI is InChI=1S/C18H25BrN4S/c1-13-23-16(11-24-13)9-10-21-17(20-4)22-12-18(2,3)14-5-7-15(19)8-6-14/h5-8,11H,9-10,12H2,1-4H3,(H2,20,21,22). The molecule has 0 bridgehead atoms. The largest absolute Gasteiger partial charge is 0.356 e. The highest BCUT2D eigenvalue weighted by Gasteiger charge is 2.20. The lowest BCUT2D eigenvalue weighted by Crippen LogP contribution is -2.44. The molecule has 0 spiro atoms. The first kappa shape index (κ1) is 18.9. The lowest BCUT2D eigenvalue weighted by atomic mass is 9.85. The predicted octanol–water partition coefficient (Wildman–Crippen LogP) is 3.90. The Hall–Kier alpha value is -1.40. The molecule has 0 amide bonds. The minimum atomic E-state index is 0.0182. The van der Waals surface area contributed by atoms with Gasteiger partial charge in [0.25, 0.3) is 0 Å². The highest BCUT2D eigenvalue weighted by molar-refractivity contribution is 9.10. The SMILES string of the molecule is CN=C(NCCc1csc(C)n1)NCC(C)(C)c1ccc(Br)cc1. The van der Waals surface area contributed by atoms with Gasteiger partial charge < -0.3 is 10.6 Å². The lowest BCUT2D eigenvalue weighted by molar-refractivity contribution is 0.508. The minimum Gasteiger partial charge on any atom is -0.356 e. The Kier molecular flexibility index (Phi) is 6.80. The van der Waals surface area contributed by atoms with E-state index in [2.05, 4.69) is 80.0 Å². The smallest absolute Gasteiger partial charge is 0.191 e. The van der Waals surface area contributed by atoms with Crippen LogP contribution in [0.3, 0.4) is 0 Å². The highest BCUT2D eigenvalue weighted by atomic mass is 79.9. The summed E-state index contributed by atoms with van der Waals surface area (Å²) < 4.78 is 1.10. The molecule has 0 aliphatic rings. The van der Waals surface area contributed by atoms with Crippen molar-refractivity contribution in [2.75, 3.05) is 20.1 Å². The third-order valence-electron chi connectivity index (χ3n) is 3.89. The fourth-order valence-electron chi connectivity index (χ4n) is 2.36. The summed E-state index contributed by atoms with van der Waals surface area (Å²) in [6, 6.07) is 8.49. The zero-order valence-corrected chi connectivity index (χ0v) is 17.1. The van der Waals surface area contributed by atoms with Crippen molar-refractivity contribution < 1.29 is 0 Å². The average molecular weight is 409 g/mol. The van der Waals surface area contributed by atoms with E-state index < -0.39 is 0 Å². The van der Waals surface area contributed by atoms with Crippen LogP contribution in [0, 0.1) is 6.92 Å². The van der Waals surface area contributed by atoms with Gasteiger partial charge in [0.2, 0.25) is 0 Å². The van der Waals surface area contributed by atoms with Gasteiger partial charge in [-0.25, -0.2) is 4.98 Å². The molecule has 1 aromatic heterocycles. The molecule has 0 unspecified atom stereocenters. The van der Waals surface area contributed by atoms with Crippen LogP contribution in [-0.4, -0.2) is 31.1 Å². The van der Waals surface area contributed by atoms with E-state index in [4.69, 9.17) is 0 Å². The van der Waals surface area contributed by atoms with Gasteiger partial charge in [0.05, 0.1) is 10.7 Å². The van der Waals surface area contributed by atoms with Gasteiger partial charge in [-0.1, -0.05) is 41.9 Å². The van der Waals surface area contributed by atoms with Crippen LogP contribution in [0.25, 0.3) is 0 Å². The fraction of sp³-hybridized carbons (Fsp3) is 0.444. The topological polar surface area (TPSA) is 49.3 Å². The van der Waals surface area contributed by atoms with Gasteiger partial charge in [-0.2, -0.15) is 0 Å². The van der Waals surface area contributed by atoms with Gasteiger partial charge >= 0.3 is 0 Å². The van der Waals surface area contributed by atoms with Crippen LogP contribution in [0.4, 0.5) is 0 Å². The molecular formula is C18H25BrN4S. The number of nitrogens with zero attached hydrogens (tertiary/aromatic N) is 2. The van der Waals surface area contributed by atoms with Crippen molar-refractivity contribution in [3.05, 3.63) is 50.4 Å². The molecule has 1 aromatic carbocycles. The predicted molar refractivity (Wildman–Crippen MR) is 107 cm³/mol. The number of benzene rings is 1. The lowest BCUT2D eigenvalue weighted by Gasteiger charge is -2.27. The normalized spacial score (nSPS) is 12.3. The van der Waals surface area contributed by atoms with Gasteiger partial charge in [0, 0.05) is 41.8 Å². The van der Waals surface area contributed by atoms with E-state index in [1.807, 2.05) is 6.92 Å². The summed E-state index contributed by atoms with van der Waals surface area (Å²) in [6.07, 6.45) is 0.904. The number of aromatic nitrogens is 1. The first-order valence-electron chi connectivity index (χ1n) is 8.02. The second kappa shape index (κ2) is 8.62. The molecule has 0 aliphatic heterocycles. The second-order valence-corrected chi connectivity index (χ2v) is 8.33. The van der Waals surface area contributed by atoms with Crippen molar-refractivity contribution in [1.29, 1.82) is 0 Å². The van der Waals surface area contributed by atoms with E-state index in [1.165, 1.54) is 5.56 Å². The molecule has 0 atom stereocenters. The number of aryl methyl sites for hydroxylation is 1. The number of hydrogen-bond acceptors (Lipinski definition) is 3. The van der Waals surface area contributed by atoms with Crippen LogP contribution in [0.15, 0.2) is 39.1 Å². The van der Waals surface area contributed by atoms with Crippen molar-refractivity contribution in [2.24, 2.45) is 4.99 Å². The van der Waals surface area contributed by atoms with E-state index in [0.29, 0.717) is 0 Å². The number of aliphatic imine (C=N–C) groups is 1. The molecule has 24 heavy (non-hydrogen) atoms. The summed E-state index contributed by atoms with van der Waals surface area (Å²) in [5, 5.41) is 10.0. The van der Waals surface area contributed by atoms with Crippen LogP contribution < -0.4 is 10.6 Å². The van der Waals surface area contributed by atoms with E-state index in [-0.39, 0.29) is 5.41 Å². The molecule has 0 fully saturated rings. The van der Waals surface area contributed by atoms with Gasteiger partial charge in [0.15, 0.2) is 5.96 Å². The first-order valence-corrected chi connectivity index (χ1v) is 9.69. The third-order valence-corrected chi connectivity index (χ3v) is 5.24. The molecule has 0 radical (unpaired) electrons. The quantitative estimate of drug-likeness (QED) is 0.562. The summed E-state index contributed by atoms with van der Waals surface area (Å²) in [5.74, 6) is 0.826.